The number of halogens is 3. The van der Waals surface area contributed by atoms with Crippen LogP contribution in [0.2, 0.25) is 15.1 Å². The molecule has 0 saturated heterocycles. The van der Waals surface area contributed by atoms with E-state index < -0.39 is 22.5 Å². The number of benzene rings is 3. The van der Waals surface area contributed by atoms with Crippen molar-refractivity contribution in [3.63, 3.8) is 0 Å². The SMILES string of the molecule is CCOc1cc(/C=N\NC(=O)CN(c2cc(Cl)cc(Cl)c2)S(C)(=O)=O)ccc1OCc1cccc(Cl)c1. The molecule has 0 unspecified atom stereocenters. The Bertz CT molecular complexity index is 1380. The number of nitrogens with zero attached hydrogens (tertiary/aromatic N) is 2. The lowest BCUT2D eigenvalue weighted by Gasteiger charge is -2.21. The predicted molar refractivity (Wildman–Crippen MR) is 148 cm³/mol. The van der Waals surface area contributed by atoms with Gasteiger partial charge in [0.25, 0.3) is 5.91 Å². The largest absolute Gasteiger partial charge is 0.490 e. The molecule has 0 spiro atoms. The maximum Gasteiger partial charge on any atom is 0.260 e. The van der Waals surface area contributed by atoms with Gasteiger partial charge in [0.2, 0.25) is 10.0 Å². The first-order chi connectivity index (χ1) is 17.5. The van der Waals surface area contributed by atoms with Gasteiger partial charge in [0.05, 0.1) is 24.8 Å². The molecule has 1 N–H and O–H groups in total. The lowest BCUT2D eigenvalue weighted by Crippen LogP contribution is -2.39. The van der Waals surface area contributed by atoms with Crippen LogP contribution in [0.5, 0.6) is 11.5 Å². The van der Waals surface area contributed by atoms with Crippen LogP contribution < -0.4 is 19.2 Å². The van der Waals surface area contributed by atoms with Crippen LogP contribution in [0, 0.1) is 0 Å². The van der Waals surface area contributed by atoms with Crippen LogP contribution in [0.15, 0.2) is 65.8 Å². The fraction of sp³-hybridized carbons (Fsp3) is 0.200. The molecule has 0 fully saturated rings. The van der Waals surface area contributed by atoms with Gasteiger partial charge < -0.3 is 9.47 Å². The van der Waals surface area contributed by atoms with Gasteiger partial charge in [0.1, 0.15) is 13.2 Å². The molecule has 0 radical (unpaired) electrons. The molecule has 0 saturated carbocycles. The van der Waals surface area contributed by atoms with E-state index in [1.807, 2.05) is 25.1 Å². The highest BCUT2D eigenvalue weighted by atomic mass is 35.5. The second-order valence-corrected chi connectivity index (χ2v) is 11.0. The highest BCUT2D eigenvalue weighted by molar-refractivity contribution is 7.92. The van der Waals surface area contributed by atoms with Crippen LogP contribution in [-0.2, 0) is 21.4 Å². The van der Waals surface area contributed by atoms with Gasteiger partial charge >= 0.3 is 0 Å². The Morgan fingerprint density at radius 3 is 2.35 bits per heavy atom. The van der Waals surface area contributed by atoms with E-state index in [-0.39, 0.29) is 15.7 Å². The number of carbonyl (C=O) groups excluding carboxylic acids is 1. The number of hydrogen-bond donors (Lipinski definition) is 1. The van der Waals surface area contributed by atoms with Crippen molar-refractivity contribution >= 4 is 62.6 Å². The monoisotopic (exact) mass is 583 g/mol. The maximum absolute atomic E-state index is 12.4. The standard InChI is InChI=1S/C25H24Cl3N3O5S/c1-3-35-24-10-17(7-8-23(24)36-16-18-5-4-6-19(26)9-18)14-29-30-25(32)15-31(37(2,33)34)22-12-20(27)11-21(28)13-22/h4-14H,3,15-16H2,1-2H3,(H,30,32)/b29-14-. The van der Waals surface area contributed by atoms with Gasteiger partial charge in [0, 0.05) is 15.1 Å². The number of hydrazone groups is 1. The molecule has 0 aliphatic carbocycles. The molecule has 196 valence electrons. The Kier molecular flexibility index (Phi) is 10.0. The van der Waals surface area contributed by atoms with Gasteiger partial charge in [-0.15, -0.1) is 0 Å². The quantitative estimate of drug-likeness (QED) is 0.236. The zero-order valence-corrected chi connectivity index (χ0v) is 23.0. The second-order valence-electron chi connectivity index (χ2n) is 7.75. The predicted octanol–water partition coefficient (Wildman–Crippen LogP) is 5.54. The van der Waals surface area contributed by atoms with E-state index in [1.54, 1.807) is 24.3 Å². The molecule has 1 amide bonds. The van der Waals surface area contributed by atoms with Crippen LogP contribution in [0.3, 0.4) is 0 Å². The van der Waals surface area contributed by atoms with Crippen molar-refractivity contribution in [3.05, 3.63) is 86.9 Å². The van der Waals surface area contributed by atoms with Crippen molar-refractivity contribution in [2.75, 3.05) is 23.7 Å². The summed E-state index contributed by atoms with van der Waals surface area (Å²) < 4.78 is 37.0. The van der Waals surface area contributed by atoms with E-state index in [0.717, 1.165) is 16.1 Å². The Morgan fingerprint density at radius 2 is 1.70 bits per heavy atom. The molecular formula is C25H24Cl3N3O5S. The Labute approximate surface area is 230 Å². The van der Waals surface area contributed by atoms with Crippen LogP contribution in [0.1, 0.15) is 18.1 Å². The summed E-state index contributed by atoms with van der Waals surface area (Å²) in [5, 5.41) is 5.02. The van der Waals surface area contributed by atoms with Gasteiger partial charge in [-0.25, -0.2) is 13.8 Å². The van der Waals surface area contributed by atoms with Crippen molar-refractivity contribution in [1.82, 2.24) is 5.43 Å². The molecule has 3 aromatic carbocycles. The van der Waals surface area contributed by atoms with Gasteiger partial charge in [-0.2, -0.15) is 5.10 Å². The molecule has 8 nitrogen and oxygen atoms in total. The summed E-state index contributed by atoms with van der Waals surface area (Å²) in [6.07, 6.45) is 2.38. The van der Waals surface area contributed by atoms with Gasteiger partial charge in [-0.05, 0) is 66.6 Å². The third-order valence-corrected chi connectivity index (χ3v) is 6.59. The van der Waals surface area contributed by atoms with Gasteiger partial charge in [0.15, 0.2) is 11.5 Å². The van der Waals surface area contributed by atoms with Gasteiger partial charge in [-0.1, -0.05) is 46.9 Å². The smallest absolute Gasteiger partial charge is 0.260 e. The van der Waals surface area contributed by atoms with Gasteiger partial charge in [-0.3, -0.25) is 9.10 Å². The molecule has 12 heteroatoms. The maximum atomic E-state index is 12.4. The second kappa shape index (κ2) is 13.0. The first-order valence-corrected chi connectivity index (χ1v) is 13.9. The zero-order chi connectivity index (χ0) is 27.0. The minimum Gasteiger partial charge on any atom is -0.490 e. The van der Waals surface area contributed by atoms with Crippen LogP contribution >= 0.6 is 34.8 Å². The molecule has 0 aromatic heterocycles. The molecule has 0 bridgehead atoms. The third kappa shape index (κ3) is 8.82. The fourth-order valence-corrected chi connectivity index (χ4v) is 4.78. The zero-order valence-electron chi connectivity index (χ0n) is 19.9. The lowest BCUT2D eigenvalue weighted by atomic mass is 10.2. The van der Waals surface area contributed by atoms with Crippen molar-refractivity contribution in [2.45, 2.75) is 13.5 Å². The van der Waals surface area contributed by atoms with E-state index in [9.17, 15) is 13.2 Å². The van der Waals surface area contributed by atoms with Crippen molar-refractivity contribution in [2.24, 2.45) is 5.10 Å². The van der Waals surface area contributed by atoms with Crippen LogP contribution in [0.4, 0.5) is 5.69 Å². The molecule has 0 aliphatic heterocycles. The molecule has 0 heterocycles. The highest BCUT2D eigenvalue weighted by Gasteiger charge is 2.21. The molecule has 0 aliphatic rings. The van der Waals surface area contributed by atoms with E-state index >= 15 is 0 Å². The number of carbonyl (C=O) groups is 1. The average Bonchev–Trinajstić information content (AvgIpc) is 2.81. The molecule has 3 aromatic rings. The minimum atomic E-state index is -3.80. The summed E-state index contributed by atoms with van der Waals surface area (Å²) in [4.78, 5) is 12.4. The van der Waals surface area contributed by atoms with Crippen molar-refractivity contribution in [1.29, 1.82) is 0 Å². The molecule has 3 rings (SSSR count). The number of anilines is 1. The van der Waals surface area contributed by atoms with E-state index in [2.05, 4.69) is 10.5 Å². The van der Waals surface area contributed by atoms with E-state index in [4.69, 9.17) is 44.3 Å². The topological polar surface area (TPSA) is 97.3 Å². The summed E-state index contributed by atoms with van der Waals surface area (Å²) >= 11 is 18.0. The molecule has 37 heavy (non-hydrogen) atoms. The Morgan fingerprint density at radius 1 is 0.973 bits per heavy atom. The highest BCUT2D eigenvalue weighted by Crippen LogP contribution is 2.29. The van der Waals surface area contributed by atoms with Crippen molar-refractivity contribution < 1.29 is 22.7 Å². The minimum absolute atomic E-state index is 0.161. The fourth-order valence-electron chi connectivity index (χ4n) is 3.21. The first-order valence-electron chi connectivity index (χ1n) is 10.9. The van der Waals surface area contributed by atoms with Crippen LogP contribution in [0.25, 0.3) is 0 Å². The number of nitrogens with one attached hydrogen (secondary N) is 1. The summed E-state index contributed by atoms with van der Waals surface area (Å²) in [6, 6.07) is 16.8. The van der Waals surface area contributed by atoms with Crippen LogP contribution in [-0.4, -0.2) is 39.9 Å². The molecule has 0 atom stereocenters. The number of hydrogen-bond acceptors (Lipinski definition) is 6. The Balaban J connectivity index is 1.67. The number of sulfonamides is 1. The third-order valence-electron chi connectivity index (χ3n) is 4.78. The normalized spacial score (nSPS) is 11.4. The summed E-state index contributed by atoms with van der Waals surface area (Å²) in [5.41, 5.74) is 4.02. The average molecular weight is 585 g/mol. The summed E-state index contributed by atoms with van der Waals surface area (Å²) in [7, 11) is -3.80. The van der Waals surface area contributed by atoms with E-state index in [0.29, 0.717) is 35.3 Å². The Hall–Kier alpha value is -2.98. The summed E-state index contributed by atoms with van der Waals surface area (Å²) in [6.45, 7) is 2.05. The number of ether oxygens (including phenoxy) is 2. The number of amides is 1. The summed E-state index contributed by atoms with van der Waals surface area (Å²) in [5.74, 6) is 0.372. The molecular weight excluding hydrogens is 561 g/mol. The number of rotatable bonds is 11. The lowest BCUT2D eigenvalue weighted by molar-refractivity contribution is -0.119. The van der Waals surface area contributed by atoms with Crippen molar-refractivity contribution in [3.8, 4) is 11.5 Å². The van der Waals surface area contributed by atoms with E-state index in [1.165, 1.54) is 24.4 Å². The first kappa shape index (κ1) is 28.6.